The van der Waals surface area contributed by atoms with Gasteiger partial charge in [0.2, 0.25) is 0 Å². The Labute approximate surface area is 135 Å². The first-order chi connectivity index (χ1) is 9.52. The molecule has 0 spiro atoms. The molecular weight excluding hydrogens is 359 g/mol. The van der Waals surface area contributed by atoms with E-state index in [1.165, 1.54) is 12.1 Å². The van der Waals surface area contributed by atoms with Gasteiger partial charge in [0.15, 0.2) is 0 Å². The first kappa shape index (κ1) is 15.3. The average molecular weight is 371 g/mol. The smallest absolute Gasteiger partial charge is 0.125 e. The lowest BCUT2D eigenvalue weighted by molar-refractivity contribution is 0.628. The number of benzene rings is 2. The molecule has 0 heterocycles. The maximum Gasteiger partial charge on any atom is 0.125 e. The van der Waals surface area contributed by atoms with Crippen LogP contribution in [0.3, 0.4) is 0 Å². The lowest BCUT2D eigenvalue weighted by Crippen LogP contribution is -2.13. The van der Waals surface area contributed by atoms with Gasteiger partial charge in [-0.2, -0.15) is 0 Å². The predicted molar refractivity (Wildman–Crippen MR) is 91.5 cm³/mol. The summed E-state index contributed by atoms with van der Waals surface area (Å²) >= 11 is 10.1. The molecule has 2 rings (SSSR count). The molecule has 0 atom stereocenters. The van der Waals surface area contributed by atoms with E-state index in [0.29, 0.717) is 10.7 Å². The van der Waals surface area contributed by atoms with Gasteiger partial charge < -0.3 is 11.1 Å². The second-order valence-corrected chi connectivity index (χ2v) is 6.14. The summed E-state index contributed by atoms with van der Waals surface area (Å²) < 4.78 is 14.1. The standard InChI is InChI=1S/C14H12BrFN2S2/c1-20-12-4-2-3-10(13(12)14(17)19)18-11-7-8(16)5-6-9(11)15/h2-7,18H,1H3,(H2,17,19). The van der Waals surface area contributed by atoms with Crippen molar-refractivity contribution >= 4 is 56.3 Å². The Morgan fingerprint density at radius 1 is 1.30 bits per heavy atom. The molecule has 3 N–H and O–H groups in total. The first-order valence-electron chi connectivity index (χ1n) is 5.72. The minimum atomic E-state index is -0.311. The van der Waals surface area contributed by atoms with Crippen LogP contribution in [0.15, 0.2) is 45.8 Å². The van der Waals surface area contributed by atoms with Crippen LogP contribution in [-0.4, -0.2) is 11.2 Å². The van der Waals surface area contributed by atoms with Crippen LogP contribution in [0.5, 0.6) is 0 Å². The number of anilines is 2. The Kier molecular flexibility index (Phi) is 5.01. The molecule has 0 unspecified atom stereocenters. The van der Waals surface area contributed by atoms with E-state index < -0.39 is 0 Å². The van der Waals surface area contributed by atoms with Gasteiger partial charge in [-0.3, -0.25) is 0 Å². The fourth-order valence-corrected chi connectivity index (χ4v) is 3.07. The molecule has 2 aromatic carbocycles. The van der Waals surface area contributed by atoms with E-state index in [4.69, 9.17) is 18.0 Å². The molecule has 0 aliphatic heterocycles. The Balaban J connectivity index is 2.48. The number of halogens is 2. The van der Waals surface area contributed by atoms with Crippen molar-refractivity contribution in [1.29, 1.82) is 0 Å². The fraction of sp³-hybridized carbons (Fsp3) is 0.0714. The maximum atomic E-state index is 13.3. The molecule has 2 aromatic rings. The van der Waals surface area contributed by atoms with Crippen molar-refractivity contribution < 1.29 is 4.39 Å². The van der Waals surface area contributed by atoms with Gasteiger partial charge in [0.1, 0.15) is 10.8 Å². The van der Waals surface area contributed by atoms with Crippen LogP contribution < -0.4 is 11.1 Å². The van der Waals surface area contributed by atoms with E-state index in [0.717, 1.165) is 20.6 Å². The molecule has 6 heteroatoms. The highest BCUT2D eigenvalue weighted by Crippen LogP contribution is 2.32. The van der Waals surface area contributed by atoms with E-state index in [9.17, 15) is 4.39 Å². The molecule has 0 saturated heterocycles. The number of rotatable bonds is 4. The van der Waals surface area contributed by atoms with E-state index in [2.05, 4.69) is 21.2 Å². The summed E-state index contributed by atoms with van der Waals surface area (Å²) in [4.78, 5) is 1.29. The topological polar surface area (TPSA) is 38.0 Å². The summed E-state index contributed by atoms with van der Waals surface area (Å²) in [6.45, 7) is 0. The molecular formula is C14H12BrFN2S2. The van der Waals surface area contributed by atoms with Crippen molar-refractivity contribution in [2.24, 2.45) is 5.73 Å². The second-order valence-electron chi connectivity index (χ2n) is 4.00. The summed E-state index contributed by atoms with van der Waals surface area (Å²) in [6, 6.07) is 10.2. The first-order valence-corrected chi connectivity index (χ1v) is 8.14. The molecule has 0 amide bonds. The molecule has 0 radical (unpaired) electrons. The maximum absolute atomic E-state index is 13.3. The van der Waals surface area contributed by atoms with E-state index in [1.807, 2.05) is 24.5 Å². The highest BCUT2D eigenvalue weighted by atomic mass is 79.9. The van der Waals surface area contributed by atoms with Crippen LogP contribution in [0.2, 0.25) is 0 Å². The summed E-state index contributed by atoms with van der Waals surface area (Å²) in [5.41, 5.74) is 7.96. The SMILES string of the molecule is CSc1cccc(Nc2cc(F)ccc2Br)c1C(N)=S. The highest BCUT2D eigenvalue weighted by Gasteiger charge is 2.12. The lowest BCUT2D eigenvalue weighted by atomic mass is 10.1. The largest absolute Gasteiger partial charge is 0.389 e. The van der Waals surface area contributed by atoms with E-state index >= 15 is 0 Å². The van der Waals surface area contributed by atoms with Crippen molar-refractivity contribution in [3.05, 3.63) is 52.3 Å². The van der Waals surface area contributed by atoms with Gasteiger partial charge in [-0.1, -0.05) is 18.3 Å². The molecule has 2 nitrogen and oxygen atoms in total. The summed E-state index contributed by atoms with van der Waals surface area (Å²) in [6.07, 6.45) is 1.96. The van der Waals surface area contributed by atoms with Crippen LogP contribution in [0.25, 0.3) is 0 Å². The van der Waals surface area contributed by atoms with Gasteiger partial charge in [-0.05, 0) is 52.5 Å². The Morgan fingerprint density at radius 3 is 2.70 bits per heavy atom. The van der Waals surface area contributed by atoms with Crippen molar-refractivity contribution in [3.8, 4) is 0 Å². The molecule has 0 aliphatic carbocycles. The predicted octanol–water partition coefficient (Wildman–Crippen LogP) is 4.69. The normalized spacial score (nSPS) is 10.3. The summed E-state index contributed by atoms with van der Waals surface area (Å²) in [5.74, 6) is -0.311. The zero-order valence-corrected chi connectivity index (χ0v) is 13.8. The molecule has 104 valence electrons. The van der Waals surface area contributed by atoms with E-state index in [-0.39, 0.29) is 5.82 Å². The minimum Gasteiger partial charge on any atom is -0.389 e. The minimum absolute atomic E-state index is 0.310. The van der Waals surface area contributed by atoms with Gasteiger partial charge in [0.25, 0.3) is 0 Å². The van der Waals surface area contributed by atoms with Crippen LogP contribution in [0, 0.1) is 5.82 Å². The highest BCUT2D eigenvalue weighted by molar-refractivity contribution is 9.10. The molecule has 0 bridgehead atoms. The van der Waals surface area contributed by atoms with Crippen molar-refractivity contribution in [1.82, 2.24) is 0 Å². The van der Waals surface area contributed by atoms with E-state index in [1.54, 1.807) is 17.8 Å². The van der Waals surface area contributed by atoms with Gasteiger partial charge >= 0.3 is 0 Å². The average Bonchev–Trinajstić information content (AvgIpc) is 2.42. The van der Waals surface area contributed by atoms with Crippen molar-refractivity contribution in [2.75, 3.05) is 11.6 Å². The van der Waals surface area contributed by atoms with Gasteiger partial charge in [0, 0.05) is 20.6 Å². The zero-order valence-electron chi connectivity index (χ0n) is 10.6. The van der Waals surface area contributed by atoms with Crippen molar-refractivity contribution in [2.45, 2.75) is 4.90 Å². The number of thiocarbonyl (C=S) groups is 1. The van der Waals surface area contributed by atoms with Crippen LogP contribution >= 0.6 is 39.9 Å². The van der Waals surface area contributed by atoms with Crippen LogP contribution in [0.4, 0.5) is 15.8 Å². The monoisotopic (exact) mass is 370 g/mol. The van der Waals surface area contributed by atoms with Crippen LogP contribution in [0.1, 0.15) is 5.56 Å². The fourth-order valence-electron chi connectivity index (χ4n) is 1.80. The third-order valence-electron chi connectivity index (χ3n) is 2.69. The Bertz CT molecular complexity index is 662. The molecule has 0 saturated carbocycles. The van der Waals surface area contributed by atoms with Crippen LogP contribution in [-0.2, 0) is 0 Å². The molecule has 0 aromatic heterocycles. The number of nitrogens with one attached hydrogen (secondary N) is 1. The lowest BCUT2D eigenvalue weighted by Gasteiger charge is -2.15. The van der Waals surface area contributed by atoms with Gasteiger partial charge in [0.05, 0.1) is 5.69 Å². The molecule has 20 heavy (non-hydrogen) atoms. The third-order valence-corrected chi connectivity index (χ3v) is 4.37. The summed E-state index contributed by atoms with van der Waals surface area (Å²) in [5, 5.41) is 3.17. The molecule has 0 fully saturated rings. The quantitative estimate of drug-likeness (QED) is 0.604. The zero-order chi connectivity index (χ0) is 14.7. The van der Waals surface area contributed by atoms with Gasteiger partial charge in [-0.15, -0.1) is 11.8 Å². The Hall–Kier alpha value is -1.11. The number of nitrogens with two attached hydrogens (primary N) is 1. The summed E-state index contributed by atoms with van der Waals surface area (Å²) in [7, 11) is 0. The number of thioether (sulfide) groups is 1. The van der Waals surface area contributed by atoms with Crippen molar-refractivity contribution in [3.63, 3.8) is 0 Å². The second kappa shape index (κ2) is 6.56. The number of hydrogen-bond donors (Lipinski definition) is 2. The molecule has 0 aliphatic rings. The van der Waals surface area contributed by atoms with Gasteiger partial charge in [-0.25, -0.2) is 4.39 Å². The Morgan fingerprint density at radius 2 is 2.05 bits per heavy atom. The number of hydrogen-bond acceptors (Lipinski definition) is 3. The third kappa shape index (κ3) is 3.31.